The zero-order valence-electron chi connectivity index (χ0n) is 9.12. The van der Waals surface area contributed by atoms with E-state index in [2.05, 4.69) is 0 Å². The van der Waals surface area contributed by atoms with E-state index in [0.29, 0.717) is 0 Å². The molecule has 0 spiro atoms. The van der Waals surface area contributed by atoms with Crippen molar-refractivity contribution >= 4 is 47.0 Å². The summed E-state index contributed by atoms with van der Waals surface area (Å²) in [5.41, 5.74) is 0. The Labute approximate surface area is 108 Å². The summed E-state index contributed by atoms with van der Waals surface area (Å²) in [6.07, 6.45) is 7.98. The van der Waals surface area contributed by atoms with E-state index in [0.717, 1.165) is 14.7 Å². The summed E-state index contributed by atoms with van der Waals surface area (Å²) >= 11 is 6.43. The second-order valence-electron chi connectivity index (χ2n) is 2.68. The lowest BCUT2D eigenvalue weighted by Crippen LogP contribution is -1.86. The smallest absolute Gasteiger partial charge is 0.206 e. The first-order valence-corrected chi connectivity index (χ1v) is 9.13. The Kier molecular flexibility index (Phi) is 5.60. The molecule has 15 heavy (non-hydrogen) atoms. The van der Waals surface area contributed by atoms with Crippen molar-refractivity contribution in [2.45, 2.75) is 19.6 Å². The summed E-state index contributed by atoms with van der Waals surface area (Å²) in [6.45, 7) is 0. The van der Waals surface area contributed by atoms with Crippen LogP contribution < -0.4 is 0 Å². The monoisotopic (exact) mass is 277 g/mol. The molecule has 0 unspecified atom stereocenters. The van der Waals surface area contributed by atoms with Gasteiger partial charge in [-0.25, -0.2) is 0 Å². The van der Waals surface area contributed by atoms with Crippen LogP contribution >= 0.6 is 47.0 Å². The van der Waals surface area contributed by atoms with E-state index < -0.39 is 0 Å². The highest BCUT2D eigenvalue weighted by Crippen LogP contribution is 2.46. The zero-order valence-corrected chi connectivity index (χ0v) is 12.4. The minimum Gasteiger partial charge on any atom is -0.287 e. The number of benzene rings is 1. The van der Waals surface area contributed by atoms with Crippen LogP contribution in [-0.4, -0.2) is 25.0 Å². The van der Waals surface area contributed by atoms with Gasteiger partial charge in [0.1, 0.15) is 0 Å². The van der Waals surface area contributed by atoms with Gasteiger partial charge in [-0.05, 0) is 31.1 Å². The van der Waals surface area contributed by atoms with Gasteiger partial charge in [0.2, 0.25) is 5.75 Å². The molecule has 0 amide bonds. The van der Waals surface area contributed by atoms with Crippen molar-refractivity contribution in [3.05, 3.63) is 6.07 Å². The van der Waals surface area contributed by atoms with Crippen LogP contribution in [0.1, 0.15) is 0 Å². The molecule has 1 nitrogen and oxygen atoms in total. The van der Waals surface area contributed by atoms with Gasteiger partial charge >= 0.3 is 0 Å². The molecular weight excluding hydrogens is 264 g/mol. The molecule has 0 N–H and O–H groups in total. The third-order valence-corrected chi connectivity index (χ3v) is 5.36. The molecule has 1 aromatic rings. The summed E-state index contributed by atoms with van der Waals surface area (Å²) in [4.78, 5) is 4.06. The first kappa shape index (κ1) is 13.5. The second-order valence-corrected chi connectivity index (χ2v) is 6.01. The average molecular weight is 277 g/mol. The Hall–Kier alpha value is 0.420. The van der Waals surface area contributed by atoms with E-state index >= 15 is 0 Å². The molecule has 0 aliphatic carbocycles. The molecule has 1 rings (SSSR count). The summed E-state index contributed by atoms with van der Waals surface area (Å²) in [5, 5.41) is 12.0. The molecule has 0 aromatic heterocycles. The predicted octanol–water partition coefficient (Wildman–Crippen LogP) is 4.72. The fraction of sp³-hybridized carbons (Fsp3) is 0.400. The Morgan fingerprint density at radius 3 is 1.73 bits per heavy atom. The summed E-state index contributed by atoms with van der Waals surface area (Å²) in [7, 11) is 0. The van der Waals surface area contributed by atoms with Crippen LogP contribution in [-0.2, 0) is 5.11 Å². The molecule has 1 radical (unpaired) electrons. The first-order valence-electron chi connectivity index (χ1n) is 4.23. The van der Waals surface area contributed by atoms with Gasteiger partial charge in [0, 0.05) is 9.79 Å². The number of hydrogen-bond acceptors (Lipinski definition) is 4. The lowest BCUT2D eigenvalue weighted by Gasteiger charge is -2.12. The second kappa shape index (κ2) is 6.23. The highest BCUT2D eigenvalue weighted by molar-refractivity contribution is 8.03. The fourth-order valence-corrected chi connectivity index (χ4v) is 4.64. The molecule has 83 valence electrons. The fourth-order valence-electron chi connectivity index (χ4n) is 1.26. The van der Waals surface area contributed by atoms with E-state index in [1.807, 2.05) is 31.1 Å². The Morgan fingerprint density at radius 1 is 0.800 bits per heavy atom. The molecule has 0 atom stereocenters. The van der Waals surface area contributed by atoms with E-state index in [1.165, 1.54) is 16.7 Å². The van der Waals surface area contributed by atoms with Crippen molar-refractivity contribution in [3.63, 3.8) is 0 Å². The summed E-state index contributed by atoms with van der Waals surface area (Å²) in [5.74, 6) is 0.178. The lowest BCUT2D eigenvalue weighted by atomic mass is 10.3. The van der Waals surface area contributed by atoms with Crippen molar-refractivity contribution in [1.82, 2.24) is 0 Å². The minimum absolute atomic E-state index is 0.178. The van der Waals surface area contributed by atoms with Crippen molar-refractivity contribution < 1.29 is 5.11 Å². The molecule has 0 aliphatic heterocycles. The topological polar surface area (TPSA) is 19.9 Å². The Morgan fingerprint density at radius 2 is 1.33 bits per heavy atom. The van der Waals surface area contributed by atoms with Gasteiger partial charge in [-0.1, -0.05) is 0 Å². The number of rotatable bonds is 4. The standard InChI is InChI=1S/C10H13OS4/c1-12-6-5-7(13-2)9(14-3)10(15-4)8(6)11/h5H,1-4H3. The number of thioether (sulfide) groups is 4. The van der Waals surface area contributed by atoms with Crippen molar-refractivity contribution in [3.8, 4) is 5.75 Å². The van der Waals surface area contributed by atoms with E-state index in [1.54, 1.807) is 35.3 Å². The van der Waals surface area contributed by atoms with Crippen LogP contribution in [0.15, 0.2) is 25.6 Å². The molecule has 0 saturated heterocycles. The lowest BCUT2D eigenvalue weighted by molar-refractivity contribution is 0.330. The van der Waals surface area contributed by atoms with Crippen LogP contribution in [0.3, 0.4) is 0 Å². The van der Waals surface area contributed by atoms with Crippen molar-refractivity contribution in [2.75, 3.05) is 25.0 Å². The first-order chi connectivity index (χ1) is 7.19. The highest BCUT2D eigenvalue weighted by Gasteiger charge is 2.17. The molecular formula is C10H13OS4. The van der Waals surface area contributed by atoms with Crippen molar-refractivity contribution in [2.24, 2.45) is 0 Å². The molecule has 0 aliphatic rings. The van der Waals surface area contributed by atoms with Gasteiger partial charge in [0.25, 0.3) is 0 Å². The van der Waals surface area contributed by atoms with E-state index in [-0.39, 0.29) is 5.75 Å². The van der Waals surface area contributed by atoms with Crippen LogP contribution in [0.2, 0.25) is 0 Å². The zero-order chi connectivity index (χ0) is 11.4. The highest BCUT2D eigenvalue weighted by atomic mass is 32.2. The third kappa shape index (κ3) is 2.75. The Balaban J connectivity index is 3.43. The maximum Gasteiger partial charge on any atom is 0.206 e. The third-order valence-electron chi connectivity index (χ3n) is 1.97. The van der Waals surface area contributed by atoms with E-state index in [9.17, 15) is 5.11 Å². The number of hydrogen-bond donors (Lipinski definition) is 0. The van der Waals surface area contributed by atoms with Gasteiger partial charge in [-0.15, -0.1) is 47.0 Å². The molecule has 0 saturated carbocycles. The van der Waals surface area contributed by atoms with E-state index in [4.69, 9.17) is 0 Å². The summed E-state index contributed by atoms with van der Waals surface area (Å²) < 4.78 is 0. The van der Waals surface area contributed by atoms with Gasteiger partial charge in [-0.3, -0.25) is 5.11 Å². The molecule has 0 bridgehead atoms. The minimum atomic E-state index is 0.178. The molecule has 0 fully saturated rings. The summed E-state index contributed by atoms with van der Waals surface area (Å²) in [6, 6.07) is 2.00. The largest absolute Gasteiger partial charge is 0.287 e. The Bertz CT molecular complexity index is 352. The molecule has 0 heterocycles. The average Bonchev–Trinajstić information content (AvgIpc) is 2.28. The predicted molar refractivity (Wildman–Crippen MR) is 73.7 cm³/mol. The van der Waals surface area contributed by atoms with Gasteiger partial charge in [-0.2, -0.15) is 0 Å². The van der Waals surface area contributed by atoms with Crippen LogP contribution in [0.4, 0.5) is 0 Å². The SMILES string of the molecule is CSc1cc(SC)c(SC)c(SC)c1[O]. The quantitative estimate of drug-likeness (QED) is 0.742. The van der Waals surface area contributed by atoms with Crippen LogP contribution in [0.5, 0.6) is 5.75 Å². The van der Waals surface area contributed by atoms with Crippen molar-refractivity contribution in [1.29, 1.82) is 0 Å². The van der Waals surface area contributed by atoms with Crippen LogP contribution in [0, 0.1) is 0 Å². The van der Waals surface area contributed by atoms with Gasteiger partial charge < -0.3 is 0 Å². The van der Waals surface area contributed by atoms with Crippen LogP contribution in [0.25, 0.3) is 0 Å². The van der Waals surface area contributed by atoms with Gasteiger partial charge in [0.15, 0.2) is 0 Å². The normalized spacial score (nSPS) is 10.7. The maximum absolute atomic E-state index is 12.0. The molecule has 5 heteroatoms. The molecule has 1 aromatic carbocycles. The maximum atomic E-state index is 12.0. The van der Waals surface area contributed by atoms with Gasteiger partial charge in [0.05, 0.1) is 9.79 Å².